The van der Waals surface area contributed by atoms with Gasteiger partial charge in [-0.3, -0.25) is 9.79 Å². The number of para-hydroxylation sites is 1. The Hall–Kier alpha value is -1.64. The van der Waals surface area contributed by atoms with E-state index in [0.717, 1.165) is 23.4 Å². The predicted octanol–water partition coefficient (Wildman–Crippen LogP) is 3.03. The molecule has 1 amide bonds. The third-order valence-corrected chi connectivity index (χ3v) is 4.12. The molecule has 3 rings (SSSR count). The molecule has 1 fully saturated rings. The van der Waals surface area contributed by atoms with Crippen LogP contribution in [0.1, 0.15) is 37.6 Å². The SMILES string of the molecule is CC1=Nc2ccccc2C(=O)N2C(C)CC(C)[C@@H]12. The van der Waals surface area contributed by atoms with Gasteiger partial charge < -0.3 is 4.90 Å². The fourth-order valence-corrected chi connectivity index (χ4v) is 3.42. The molecule has 2 aliphatic rings. The van der Waals surface area contributed by atoms with E-state index in [1.54, 1.807) is 0 Å². The van der Waals surface area contributed by atoms with Crippen LogP contribution in [0.15, 0.2) is 29.3 Å². The van der Waals surface area contributed by atoms with Crippen LogP contribution in [-0.4, -0.2) is 28.6 Å². The minimum Gasteiger partial charge on any atom is -0.327 e. The molecule has 0 saturated carbocycles. The first-order valence-corrected chi connectivity index (χ1v) is 6.56. The molecule has 3 heteroatoms. The second kappa shape index (κ2) is 3.94. The molecule has 2 aliphatic heterocycles. The molecule has 1 saturated heterocycles. The number of amides is 1. The smallest absolute Gasteiger partial charge is 0.256 e. The number of hydrogen-bond donors (Lipinski definition) is 0. The Kier molecular flexibility index (Phi) is 2.51. The largest absolute Gasteiger partial charge is 0.327 e. The Morgan fingerprint density at radius 3 is 2.78 bits per heavy atom. The highest BCUT2D eigenvalue weighted by molar-refractivity contribution is 6.06. The molecule has 18 heavy (non-hydrogen) atoms. The summed E-state index contributed by atoms with van der Waals surface area (Å²) in [5.74, 6) is 0.620. The molecule has 0 aliphatic carbocycles. The third-order valence-electron chi connectivity index (χ3n) is 4.12. The molecule has 1 aromatic rings. The maximum absolute atomic E-state index is 12.7. The van der Waals surface area contributed by atoms with Gasteiger partial charge in [0.2, 0.25) is 0 Å². The van der Waals surface area contributed by atoms with E-state index in [-0.39, 0.29) is 11.9 Å². The molecule has 0 N–H and O–H groups in total. The Morgan fingerprint density at radius 2 is 2.00 bits per heavy atom. The number of carbonyl (C=O) groups is 1. The van der Waals surface area contributed by atoms with Crippen molar-refractivity contribution < 1.29 is 4.79 Å². The summed E-state index contributed by atoms with van der Waals surface area (Å²) in [4.78, 5) is 19.4. The number of aliphatic imine (C=N–C) groups is 1. The Balaban J connectivity index is 2.17. The second-order valence-corrected chi connectivity index (χ2v) is 5.49. The van der Waals surface area contributed by atoms with Gasteiger partial charge in [0, 0.05) is 11.8 Å². The van der Waals surface area contributed by atoms with Crippen molar-refractivity contribution in [3.63, 3.8) is 0 Å². The highest BCUT2D eigenvalue weighted by Crippen LogP contribution is 2.36. The Labute approximate surface area is 108 Å². The molecule has 0 radical (unpaired) electrons. The zero-order valence-corrected chi connectivity index (χ0v) is 11.1. The van der Waals surface area contributed by atoms with Gasteiger partial charge in [0.25, 0.3) is 5.91 Å². The van der Waals surface area contributed by atoms with Crippen molar-refractivity contribution in [2.24, 2.45) is 10.9 Å². The predicted molar refractivity (Wildman–Crippen MR) is 72.4 cm³/mol. The average Bonchev–Trinajstić information content (AvgIpc) is 2.57. The lowest BCUT2D eigenvalue weighted by atomic mass is 9.98. The number of nitrogens with zero attached hydrogens (tertiary/aromatic N) is 2. The number of carbonyl (C=O) groups excluding carboxylic acids is 1. The lowest BCUT2D eigenvalue weighted by Gasteiger charge is -2.28. The van der Waals surface area contributed by atoms with Gasteiger partial charge in [-0.15, -0.1) is 0 Å². The van der Waals surface area contributed by atoms with Crippen LogP contribution in [0.5, 0.6) is 0 Å². The normalized spacial score (nSPS) is 30.6. The maximum atomic E-state index is 12.7. The van der Waals surface area contributed by atoms with Crippen molar-refractivity contribution in [3.8, 4) is 0 Å². The van der Waals surface area contributed by atoms with E-state index in [1.807, 2.05) is 36.1 Å². The van der Waals surface area contributed by atoms with E-state index in [0.29, 0.717) is 12.0 Å². The number of hydrogen-bond acceptors (Lipinski definition) is 2. The molecule has 2 unspecified atom stereocenters. The standard InChI is InChI=1S/C15H18N2O/c1-9-8-10(2)17-14(9)11(3)16-13-7-5-4-6-12(13)15(17)18/h4-7,9-10,14H,8H2,1-3H3/t9?,10?,14-/m0/s1. The van der Waals surface area contributed by atoms with Crippen LogP contribution in [0.25, 0.3) is 0 Å². The van der Waals surface area contributed by atoms with Crippen molar-refractivity contribution in [1.82, 2.24) is 4.90 Å². The summed E-state index contributed by atoms with van der Waals surface area (Å²) in [6, 6.07) is 8.12. The van der Waals surface area contributed by atoms with Gasteiger partial charge in [-0.05, 0) is 38.3 Å². The molecule has 0 aromatic heterocycles. The summed E-state index contributed by atoms with van der Waals surface area (Å²) in [5, 5.41) is 0. The van der Waals surface area contributed by atoms with Crippen LogP contribution in [-0.2, 0) is 0 Å². The highest BCUT2D eigenvalue weighted by Gasteiger charge is 2.43. The molecule has 1 aromatic carbocycles. The van der Waals surface area contributed by atoms with Gasteiger partial charge in [0.15, 0.2) is 0 Å². The Morgan fingerprint density at radius 1 is 1.28 bits per heavy atom. The topological polar surface area (TPSA) is 32.7 Å². The molecular weight excluding hydrogens is 224 g/mol. The van der Waals surface area contributed by atoms with E-state index in [4.69, 9.17) is 0 Å². The van der Waals surface area contributed by atoms with Crippen molar-refractivity contribution in [1.29, 1.82) is 0 Å². The van der Waals surface area contributed by atoms with Crippen molar-refractivity contribution in [2.45, 2.75) is 39.3 Å². The summed E-state index contributed by atoms with van der Waals surface area (Å²) in [6.45, 7) is 6.39. The maximum Gasteiger partial charge on any atom is 0.256 e. The van der Waals surface area contributed by atoms with Gasteiger partial charge in [-0.25, -0.2) is 0 Å². The zero-order valence-electron chi connectivity index (χ0n) is 11.1. The third kappa shape index (κ3) is 1.50. The van der Waals surface area contributed by atoms with Gasteiger partial charge in [0.1, 0.15) is 0 Å². The molecule has 3 atom stereocenters. The second-order valence-electron chi connectivity index (χ2n) is 5.49. The molecule has 2 heterocycles. The van der Waals surface area contributed by atoms with Crippen LogP contribution in [0.4, 0.5) is 5.69 Å². The van der Waals surface area contributed by atoms with Crippen LogP contribution in [0, 0.1) is 5.92 Å². The average molecular weight is 242 g/mol. The van der Waals surface area contributed by atoms with Gasteiger partial charge in [0.05, 0.1) is 17.3 Å². The van der Waals surface area contributed by atoms with Gasteiger partial charge in [-0.2, -0.15) is 0 Å². The van der Waals surface area contributed by atoms with E-state index < -0.39 is 0 Å². The minimum atomic E-state index is 0.132. The fraction of sp³-hybridized carbons (Fsp3) is 0.467. The molecule has 0 spiro atoms. The summed E-state index contributed by atoms with van der Waals surface area (Å²) >= 11 is 0. The minimum absolute atomic E-state index is 0.132. The summed E-state index contributed by atoms with van der Waals surface area (Å²) in [6.07, 6.45) is 1.06. The van der Waals surface area contributed by atoms with Crippen LogP contribution < -0.4 is 0 Å². The number of benzene rings is 1. The Bertz CT molecular complexity index is 535. The van der Waals surface area contributed by atoms with Gasteiger partial charge in [-0.1, -0.05) is 19.1 Å². The quantitative estimate of drug-likeness (QED) is 0.688. The molecule has 94 valence electrons. The zero-order chi connectivity index (χ0) is 12.9. The summed E-state index contributed by atoms with van der Waals surface area (Å²) in [5.41, 5.74) is 2.61. The van der Waals surface area contributed by atoms with E-state index in [1.165, 1.54) is 0 Å². The first-order valence-electron chi connectivity index (χ1n) is 6.56. The van der Waals surface area contributed by atoms with Crippen LogP contribution in [0.2, 0.25) is 0 Å². The van der Waals surface area contributed by atoms with E-state index in [9.17, 15) is 4.79 Å². The van der Waals surface area contributed by atoms with Crippen molar-refractivity contribution >= 4 is 17.3 Å². The summed E-state index contributed by atoms with van der Waals surface area (Å²) < 4.78 is 0. The molecule has 3 nitrogen and oxygen atoms in total. The van der Waals surface area contributed by atoms with Crippen LogP contribution in [0.3, 0.4) is 0 Å². The van der Waals surface area contributed by atoms with Crippen molar-refractivity contribution in [3.05, 3.63) is 29.8 Å². The van der Waals surface area contributed by atoms with E-state index >= 15 is 0 Å². The van der Waals surface area contributed by atoms with Gasteiger partial charge >= 0.3 is 0 Å². The lowest BCUT2D eigenvalue weighted by Crippen LogP contribution is -2.43. The molecule has 0 bridgehead atoms. The highest BCUT2D eigenvalue weighted by atomic mass is 16.2. The van der Waals surface area contributed by atoms with E-state index in [2.05, 4.69) is 18.8 Å². The summed E-state index contributed by atoms with van der Waals surface area (Å²) in [7, 11) is 0. The number of fused-ring (bicyclic) bond motifs is 2. The lowest BCUT2D eigenvalue weighted by molar-refractivity contribution is 0.0716. The monoisotopic (exact) mass is 242 g/mol. The fourth-order valence-electron chi connectivity index (χ4n) is 3.42. The first kappa shape index (κ1) is 11.5. The number of rotatable bonds is 0. The van der Waals surface area contributed by atoms with Crippen LogP contribution >= 0.6 is 0 Å². The van der Waals surface area contributed by atoms with Crippen molar-refractivity contribution in [2.75, 3.05) is 0 Å². The first-order chi connectivity index (χ1) is 8.59. The molecular formula is C15H18N2O.